The predicted molar refractivity (Wildman–Crippen MR) is 105 cm³/mol. The van der Waals surface area contributed by atoms with Gasteiger partial charge in [-0.25, -0.2) is 10.4 Å². The molecule has 1 N–H and O–H groups in total. The van der Waals surface area contributed by atoms with E-state index in [-0.39, 0.29) is 11.7 Å². The average Bonchev–Trinajstić information content (AvgIpc) is 3.12. The second-order valence-corrected chi connectivity index (χ2v) is 6.46. The minimum absolute atomic E-state index is 0.148. The van der Waals surface area contributed by atoms with E-state index in [2.05, 4.69) is 15.5 Å². The Morgan fingerprint density at radius 1 is 1.19 bits per heavy atom. The van der Waals surface area contributed by atoms with Gasteiger partial charge in [-0.1, -0.05) is 23.9 Å². The maximum Gasteiger partial charge on any atom is 0.257 e. The summed E-state index contributed by atoms with van der Waals surface area (Å²) in [7, 11) is 3.15. The van der Waals surface area contributed by atoms with Crippen molar-refractivity contribution in [1.29, 1.82) is 0 Å². The van der Waals surface area contributed by atoms with Crippen LogP contribution in [-0.2, 0) is 4.79 Å². The van der Waals surface area contributed by atoms with Crippen molar-refractivity contribution in [2.45, 2.75) is 12.1 Å². The molecule has 140 valence electrons. The van der Waals surface area contributed by atoms with E-state index in [1.54, 1.807) is 33.3 Å². The van der Waals surface area contributed by atoms with Crippen LogP contribution in [0.5, 0.6) is 11.5 Å². The Balaban J connectivity index is 1.58. The van der Waals surface area contributed by atoms with Crippen LogP contribution in [0, 0.1) is 0 Å². The summed E-state index contributed by atoms with van der Waals surface area (Å²) in [6.45, 7) is 1.80. The van der Waals surface area contributed by atoms with E-state index in [0.29, 0.717) is 28.0 Å². The molecule has 0 saturated carbocycles. The fourth-order valence-electron chi connectivity index (χ4n) is 2.34. The number of hydrogen-bond acceptors (Lipinski definition) is 7. The van der Waals surface area contributed by atoms with Gasteiger partial charge in [-0.3, -0.25) is 4.79 Å². The van der Waals surface area contributed by atoms with Crippen LogP contribution in [0.3, 0.4) is 0 Å². The van der Waals surface area contributed by atoms with Gasteiger partial charge in [-0.05, 0) is 37.3 Å². The lowest BCUT2D eigenvalue weighted by atomic mass is 10.1. The molecule has 1 aromatic heterocycles. The number of ether oxygens (including phenoxy) is 2. The monoisotopic (exact) mass is 385 g/mol. The molecule has 3 rings (SSSR count). The first kappa shape index (κ1) is 18.8. The van der Waals surface area contributed by atoms with Crippen LogP contribution in [0.1, 0.15) is 12.5 Å². The largest absolute Gasteiger partial charge is 0.493 e. The molecular formula is C19H19N3O4S. The highest BCUT2D eigenvalue weighted by atomic mass is 32.2. The first-order chi connectivity index (χ1) is 13.1. The zero-order valence-electron chi connectivity index (χ0n) is 15.2. The van der Waals surface area contributed by atoms with Crippen LogP contribution in [0.15, 0.2) is 57.2 Å². The average molecular weight is 385 g/mol. The van der Waals surface area contributed by atoms with Gasteiger partial charge in [-0.15, -0.1) is 0 Å². The highest BCUT2D eigenvalue weighted by Gasteiger charge is 2.10. The molecule has 27 heavy (non-hydrogen) atoms. The first-order valence-corrected chi connectivity index (χ1v) is 9.13. The standard InChI is InChI=1S/C19H19N3O4S/c1-12(13-8-9-16(24-2)17(10-13)25-3)21-22-18(23)11-27-19-20-14-6-4-5-7-15(14)26-19/h4-10H,11H2,1-3H3,(H,22,23). The third-order valence-corrected chi connectivity index (χ3v) is 4.58. The Bertz CT molecular complexity index is 951. The number of carbonyl (C=O) groups excluding carboxylic acids is 1. The summed E-state index contributed by atoms with van der Waals surface area (Å²) in [5.41, 5.74) is 5.47. The third-order valence-electron chi connectivity index (χ3n) is 3.75. The predicted octanol–water partition coefficient (Wildman–Crippen LogP) is 3.48. The molecule has 0 atom stereocenters. The van der Waals surface area contributed by atoms with Crippen LogP contribution in [-0.4, -0.2) is 36.6 Å². The molecule has 0 aliphatic heterocycles. The van der Waals surface area contributed by atoms with Crippen LogP contribution in [0.2, 0.25) is 0 Å². The molecule has 0 aliphatic rings. The fourth-order valence-corrected chi connectivity index (χ4v) is 2.98. The van der Waals surface area contributed by atoms with Gasteiger partial charge < -0.3 is 13.9 Å². The number of aromatic nitrogens is 1. The molecule has 0 radical (unpaired) electrons. The van der Waals surface area contributed by atoms with Crippen molar-refractivity contribution in [2.24, 2.45) is 5.10 Å². The smallest absolute Gasteiger partial charge is 0.257 e. The van der Waals surface area contributed by atoms with Crippen molar-refractivity contribution in [3.63, 3.8) is 0 Å². The molecular weight excluding hydrogens is 366 g/mol. The summed E-state index contributed by atoms with van der Waals surface area (Å²) in [5, 5.41) is 4.59. The molecule has 1 amide bonds. The number of carbonyl (C=O) groups is 1. The Hall–Kier alpha value is -3.00. The van der Waals surface area contributed by atoms with Crippen molar-refractivity contribution < 1.29 is 18.7 Å². The van der Waals surface area contributed by atoms with Gasteiger partial charge in [0, 0.05) is 5.56 Å². The second kappa shape index (κ2) is 8.59. The molecule has 0 saturated heterocycles. The lowest BCUT2D eigenvalue weighted by Crippen LogP contribution is -2.21. The van der Waals surface area contributed by atoms with Gasteiger partial charge in [-0.2, -0.15) is 5.10 Å². The molecule has 2 aromatic carbocycles. The van der Waals surface area contributed by atoms with Crippen molar-refractivity contribution in [1.82, 2.24) is 10.4 Å². The molecule has 0 unspecified atom stereocenters. The maximum absolute atomic E-state index is 12.0. The van der Waals surface area contributed by atoms with Crippen molar-refractivity contribution >= 4 is 34.5 Å². The van der Waals surface area contributed by atoms with E-state index in [4.69, 9.17) is 13.9 Å². The number of fused-ring (bicyclic) bond motifs is 1. The van der Waals surface area contributed by atoms with Gasteiger partial charge >= 0.3 is 0 Å². The van der Waals surface area contributed by atoms with Gasteiger partial charge in [0.1, 0.15) is 5.52 Å². The molecule has 7 nitrogen and oxygen atoms in total. The highest BCUT2D eigenvalue weighted by molar-refractivity contribution is 7.99. The van der Waals surface area contributed by atoms with Crippen LogP contribution >= 0.6 is 11.8 Å². The number of amides is 1. The normalized spacial score (nSPS) is 11.4. The number of hydrogen-bond donors (Lipinski definition) is 1. The quantitative estimate of drug-likeness (QED) is 0.381. The Morgan fingerprint density at radius 3 is 2.70 bits per heavy atom. The fraction of sp³-hybridized carbons (Fsp3) is 0.211. The SMILES string of the molecule is COc1ccc(C(C)=NNC(=O)CSc2nc3ccccc3o2)cc1OC. The second-order valence-electron chi connectivity index (χ2n) is 5.54. The molecule has 0 spiro atoms. The summed E-state index contributed by atoms with van der Waals surface area (Å²) in [4.78, 5) is 16.4. The van der Waals surface area contributed by atoms with E-state index in [0.717, 1.165) is 11.1 Å². The van der Waals surface area contributed by atoms with Crippen molar-refractivity contribution in [3.05, 3.63) is 48.0 Å². The van der Waals surface area contributed by atoms with Gasteiger partial charge in [0.05, 0.1) is 25.7 Å². The van der Waals surface area contributed by atoms with Crippen LogP contribution in [0.25, 0.3) is 11.1 Å². The minimum atomic E-state index is -0.248. The number of methoxy groups -OCH3 is 2. The number of hydrazone groups is 1. The molecule has 1 heterocycles. The number of benzene rings is 2. The van der Waals surface area contributed by atoms with Crippen molar-refractivity contribution in [2.75, 3.05) is 20.0 Å². The summed E-state index contributed by atoms with van der Waals surface area (Å²) in [5.74, 6) is 1.13. The van der Waals surface area contributed by atoms with Crippen molar-refractivity contribution in [3.8, 4) is 11.5 Å². The topological polar surface area (TPSA) is 86.0 Å². The third kappa shape index (κ3) is 4.59. The van der Waals surface area contributed by atoms with E-state index < -0.39 is 0 Å². The molecule has 0 bridgehead atoms. The molecule has 8 heteroatoms. The lowest BCUT2D eigenvalue weighted by Gasteiger charge is -2.09. The number of rotatable bonds is 7. The number of nitrogens with one attached hydrogen (secondary N) is 1. The number of nitrogens with zero attached hydrogens (tertiary/aromatic N) is 2. The van der Waals surface area contributed by atoms with E-state index in [1.165, 1.54) is 11.8 Å². The first-order valence-electron chi connectivity index (χ1n) is 8.14. The minimum Gasteiger partial charge on any atom is -0.493 e. The highest BCUT2D eigenvalue weighted by Crippen LogP contribution is 2.27. The van der Waals surface area contributed by atoms with Gasteiger partial charge in [0.2, 0.25) is 0 Å². The zero-order valence-corrected chi connectivity index (χ0v) is 16.0. The Morgan fingerprint density at radius 2 is 1.96 bits per heavy atom. The van der Waals surface area contributed by atoms with Crippen LogP contribution in [0.4, 0.5) is 0 Å². The number of oxazole rings is 1. The number of para-hydroxylation sites is 2. The summed E-state index contributed by atoms with van der Waals surface area (Å²) in [6, 6.07) is 12.9. The molecule has 0 fully saturated rings. The maximum atomic E-state index is 12.0. The summed E-state index contributed by atoms with van der Waals surface area (Å²) < 4.78 is 16.1. The van der Waals surface area contributed by atoms with E-state index >= 15 is 0 Å². The summed E-state index contributed by atoms with van der Waals surface area (Å²) >= 11 is 1.22. The Labute approximate surface area is 160 Å². The van der Waals surface area contributed by atoms with E-state index in [9.17, 15) is 4.79 Å². The van der Waals surface area contributed by atoms with Crippen LogP contribution < -0.4 is 14.9 Å². The van der Waals surface area contributed by atoms with Gasteiger partial charge in [0.15, 0.2) is 17.1 Å². The molecule has 0 aliphatic carbocycles. The van der Waals surface area contributed by atoms with E-state index in [1.807, 2.05) is 30.3 Å². The zero-order chi connectivity index (χ0) is 19.2. The Kier molecular flexibility index (Phi) is 5.97. The lowest BCUT2D eigenvalue weighted by molar-refractivity contribution is -0.118. The molecule has 3 aromatic rings. The number of thioether (sulfide) groups is 1. The summed E-state index contributed by atoms with van der Waals surface area (Å²) in [6.07, 6.45) is 0. The van der Waals surface area contributed by atoms with Gasteiger partial charge in [0.25, 0.3) is 11.1 Å².